The van der Waals surface area contributed by atoms with Gasteiger partial charge in [0.25, 0.3) is 5.91 Å². The lowest BCUT2D eigenvalue weighted by molar-refractivity contribution is 0.0951. The maximum atomic E-state index is 12.4. The fourth-order valence-electron chi connectivity index (χ4n) is 2.76. The second-order valence-electron chi connectivity index (χ2n) is 6.32. The number of amidine groups is 1. The molecule has 0 atom stereocenters. The first-order valence-electron chi connectivity index (χ1n) is 8.82. The molecular formula is C22H22Cl2N4O. The van der Waals surface area contributed by atoms with Crippen molar-refractivity contribution in [2.45, 2.75) is 13.1 Å². The van der Waals surface area contributed by atoms with Crippen molar-refractivity contribution in [3.8, 4) is 0 Å². The van der Waals surface area contributed by atoms with Crippen LogP contribution in [0.3, 0.4) is 0 Å². The maximum Gasteiger partial charge on any atom is 0.251 e. The quantitative estimate of drug-likeness (QED) is 0.327. The summed E-state index contributed by atoms with van der Waals surface area (Å²) in [5.74, 6) is -0.204. The van der Waals surface area contributed by atoms with Crippen LogP contribution in [0.15, 0.2) is 72.8 Å². The topological polar surface area (TPSA) is 91.0 Å². The summed E-state index contributed by atoms with van der Waals surface area (Å²) in [5.41, 5.74) is 9.61. The zero-order chi connectivity index (χ0) is 19.9. The van der Waals surface area contributed by atoms with Crippen molar-refractivity contribution in [3.05, 3.63) is 100 Å². The zero-order valence-corrected chi connectivity index (χ0v) is 17.2. The van der Waals surface area contributed by atoms with E-state index in [1.54, 1.807) is 30.3 Å². The predicted octanol–water partition coefficient (Wildman–Crippen LogP) is 4.59. The van der Waals surface area contributed by atoms with Gasteiger partial charge in [0.2, 0.25) is 0 Å². The van der Waals surface area contributed by atoms with Crippen LogP contribution in [0, 0.1) is 5.41 Å². The van der Waals surface area contributed by atoms with Crippen LogP contribution in [-0.2, 0) is 13.1 Å². The number of nitrogens with one attached hydrogen (secondary N) is 3. The number of amides is 1. The van der Waals surface area contributed by atoms with Gasteiger partial charge in [-0.25, -0.2) is 0 Å². The van der Waals surface area contributed by atoms with Gasteiger partial charge < -0.3 is 16.4 Å². The Labute approximate surface area is 181 Å². The van der Waals surface area contributed by atoms with E-state index in [4.69, 9.17) is 22.7 Å². The van der Waals surface area contributed by atoms with Crippen molar-refractivity contribution in [1.29, 1.82) is 5.41 Å². The van der Waals surface area contributed by atoms with Crippen molar-refractivity contribution in [2.24, 2.45) is 5.73 Å². The molecule has 5 N–H and O–H groups in total. The van der Waals surface area contributed by atoms with Crippen LogP contribution in [-0.4, -0.2) is 11.7 Å². The highest BCUT2D eigenvalue weighted by molar-refractivity contribution is 6.30. The third kappa shape index (κ3) is 6.24. The molecular weight excluding hydrogens is 407 g/mol. The minimum Gasteiger partial charge on any atom is -0.384 e. The van der Waals surface area contributed by atoms with Crippen molar-refractivity contribution in [2.75, 3.05) is 5.32 Å². The summed E-state index contributed by atoms with van der Waals surface area (Å²) in [6, 6.07) is 22.3. The Bertz CT molecular complexity index is 993. The van der Waals surface area contributed by atoms with Gasteiger partial charge in [0.15, 0.2) is 0 Å². The molecule has 0 aliphatic heterocycles. The molecule has 0 aliphatic rings. The average Bonchev–Trinajstić information content (AvgIpc) is 2.71. The highest BCUT2D eigenvalue weighted by Crippen LogP contribution is 2.19. The number of carbonyl (C=O) groups excluding carboxylic acids is 1. The maximum absolute atomic E-state index is 12.4. The second kappa shape index (κ2) is 10.5. The van der Waals surface area contributed by atoms with Crippen LogP contribution in [0.5, 0.6) is 0 Å². The van der Waals surface area contributed by atoms with Gasteiger partial charge >= 0.3 is 0 Å². The van der Waals surface area contributed by atoms with Crippen molar-refractivity contribution < 1.29 is 4.79 Å². The van der Waals surface area contributed by atoms with Crippen LogP contribution < -0.4 is 16.4 Å². The van der Waals surface area contributed by atoms with Gasteiger partial charge in [-0.1, -0.05) is 60.1 Å². The molecule has 0 unspecified atom stereocenters. The second-order valence-corrected chi connectivity index (χ2v) is 6.75. The first-order valence-corrected chi connectivity index (χ1v) is 9.19. The molecule has 0 bridgehead atoms. The Kier molecular flexibility index (Phi) is 8.07. The minimum atomic E-state index is -0.202. The highest BCUT2D eigenvalue weighted by atomic mass is 35.5. The molecule has 0 fully saturated rings. The molecule has 0 saturated heterocycles. The standard InChI is InChI=1S/C22H21ClN4O.ClH/c23-19-8-4-7-17(11-19)22(28)27-14-18-10-9-16(21(24)25)12-20(18)26-13-15-5-2-1-3-6-15;/h1-12,26H,13-14H2,(H3,24,25)(H,27,28);1H. The van der Waals surface area contributed by atoms with Crippen LogP contribution in [0.2, 0.25) is 5.02 Å². The number of hydrogen-bond donors (Lipinski definition) is 4. The highest BCUT2D eigenvalue weighted by Gasteiger charge is 2.10. The van der Waals surface area contributed by atoms with E-state index in [9.17, 15) is 4.79 Å². The summed E-state index contributed by atoms with van der Waals surface area (Å²) in [5, 5.41) is 14.5. The predicted molar refractivity (Wildman–Crippen MR) is 121 cm³/mol. The number of hydrogen-bond acceptors (Lipinski definition) is 3. The van der Waals surface area contributed by atoms with E-state index in [-0.39, 0.29) is 24.1 Å². The molecule has 0 aromatic heterocycles. The lowest BCUT2D eigenvalue weighted by Gasteiger charge is -2.15. The van der Waals surface area contributed by atoms with Crippen LogP contribution >= 0.6 is 24.0 Å². The first-order chi connectivity index (χ1) is 13.5. The summed E-state index contributed by atoms with van der Waals surface area (Å²) in [6.45, 7) is 0.956. The van der Waals surface area contributed by atoms with Crippen molar-refractivity contribution in [3.63, 3.8) is 0 Å². The number of benzene rings is 3. The summed E-state index contributed by atoms with van der Waals surface area (Å²) in [6.07, 6.45) is 0. The Morgan fingerprint density at radius 3 is 2.38 bits per heavy atom. The summed E-state index contributed by atoms with van der Waals surface area (Å²) < 4.78 is 0. The molecule has 0 radical (unpaired) electrons. The van der Waals surface area contributed by atoms with E-state index in [0.29, 0.717) is 29.2 Å². The Morgan fingerprint density at radius 1 is 0.931 bits per heavy atom. The molecule has 3 rings (SSSR count). The fourth-order valence-corrected chi connectivity index (χ4v) is 2.95. The van der Waals surface area contributed by atoms with Crippen LogP contribution in [0.25, 0.3) is 0 Å². The van der Waals surface area contributed by atoms with Gasteiger partial charge in [0.05, 0.1) is 0 Å². The molecule has 1 amide bonds. The van der Waals surface area contributed by atoms with E-state index in [1.807, 2.05) is 42.5 Å². The normalized spacial score (nSPS) is 9.97. The zero-order valence-electron chi connectivity index (χ0n) is 15.6. The molecule has 5 nitrogen and oxygen atoms in total. The van der Waals surface area contributed by atoms with Gasteiger partial charge in [-0.15, -0.1) is 12.4 Å². The molecule has 0 saturated carbocycles. The van der Waals surface area contributed by atoms with E-state index >= 15 is 0 Å². The number of rotatable bonds is 7. The summed E-state index contributed by atoms with van der Waals surface area (Å²) >= 11 is 5.96. The molecule has 29 heavy (non-hydrogen) atoms. The number of halogens is 2. The fraction of sp³-hybridized carbons (Fsp3) is 0.0909. The monoisotopic (exact) mass is 428 g/mol. The minimum absolute atomic E-state index is 0. The number of nitrogen functional groups attached to an aromatic ring is 1. The van der Waals surface area contributed by atoms with Gasteiger partial charge in [-0.2, -0.15) is 0 Å². The van der Waals surface area contributed by atoms with Crippen LogP contribution in [0.4, 0.5) is 5.69 Å². The third-order valence-electron chi connectivity index (χ3n) is 4.27. The lowest BCUT2D eigenvalue weighted by atomic mass is 10.1. The first kappa shape index (κ1) is 22.3. The smallest absolute Gasteiger partial charge is 0.251 e. The third-order valence-corrected chi connectivity index (χ3v) is 4.51. The molecule has 0 spiro atoms. The molecule has 150 valence electrons. The van der Waals surface area contributed by atoms with Crippen molar-refractivity contribution in [1.82, 2.24) is 5.32 Å². The van der Waals surface area contributed by atoms with Gasteiger partial charge in [-0.05, 0) is 35.4 Å². The Morgan fingerprint density at radius 2 is 1.69 bits per heavy atom. The SMILES string of the molecule is Cl.N=C(N)c1ccc(CNC(=O)c2cccc(Cl)c2)c(NCc2ccccc2)c1. The Balaban J connectivity index is 0.00000300. The molecule has 0 aliphatic carbocycles. The average molecular weight is 429 g/mol. The van der Waals surface area contributed by atoms with E-state index in [1.165, 1.54) is 0 Å². The number of carbonyl (C=O) groups is 1. The molecule has 3 aromatic rings. The van der Waals surface area contributed by atoms with Gasteiger partial charge in [-0.3, -0.25) is 10.2 Å². The number of anilines is 1. The largest absolute Gasteiger partial charge is 0.384 e. The molecule has 7 heteroatoms. The Hall–Kier alpha value is -3.02. The van der Waals surface area contributed by atoms with Gasteiger partial charge in [0, 0.05) is 34.9 Å². The summed E-state index contributed by atoms with van der Waals surface area (Å²) in [7, 11) is 0. The molecule has 3 aromatic carbocycles. The van der Waals surface area contributed by atoms with E-state index in [2.05, 4.69) is 10.6 Å². The van der Waals surface area contributed by atoms with Gasteiger partial charge in [0.1, 0.15) is 5.84 Å². The van der Waals surface area contributed by atoms with E-state index in [0.717, 1.165) is 16.8 Å². The van der Waals surface area contributed by atoms with Crippen LogP contribution in [0.1, 0.15) is 27.0 Å². The molecule has 0 heterocycles. The summed E-state index contributed by atoms with van der Waals surface area (Å²) in [4.78, 5) is 12.4. The lowest BCUT2D eigenvalue weighted by Crippen LogP contribution is -2.23. The van der Waals surface area contributed by atoms with Crippen molar-refractivity contribution >= 4 is 41.4 Å². The van der Waals surface area contributed by atoms with E-state index < -0.39 is 0 Å². The number of nitrogens with two attached hydrogens (primary N) is 1.